The molecule has 0 radical (unpaired) electrons. The van der Waals surface area contributed by atoms with Crippen LogP contribution in [0.5, 0.6) is 0 Å². The van der Waals surface area contributed by atoms with E-state index < -0.39 is 0 Å². The molecule has 2 aliphatic rings. The Morgan fingerprint density at radius 2 is 2.29 bits per heavy atom. The lowest BCUT2D eigenvalue weighted by molar-refractivity contribution is 0.302. The van der Waals surface area contributed by atoms with Crippen LogP contribution in [0.2, 0.25) is 0 Å². The van der Waals surface area contributed by atoms with E-state index in [2.05, 4.69) is 47.1 Å². The zero-order valence-corrected chi connectivity index (χ0v) is 14.5. The summed E-state index contributed by atoms with van der Waals surface area (Å²) in [6, 6.07) is 5.30. The van der Waals surface area contributed by atoms with Gasteiger partial charge in [0.2, 0.25) is 0 Å². The Labute approximate surface area is 137 Å². The molecule has 2 bridgehead atoms. The van der Waals surface area contributed by atoms with Crippen molar-refractivity contribution in [2.24, 2.45) is 11.8 Å². The maximum absolute atomic E-state index is 5.50. The van der Waals surface area contributed by atoms with E-state index in [1.165, 1.54) is 30.6 Å². The Hall–Kier alpha value is -0.650. The molecular weight excluding hydrogens is 298 g/mol. The molecule has 1 heterocycles. The largest absolute Gasteiger partial charge is 0.361 e. The molecule has 116 valence electrons. The molecule has 0 aliphatic heterocycles. The number of nitrogens with zero attached hydrogens (tertiary/aromatic N) is 1. The Bertz CT molecular complexity index is 472. The van der Waals surface area contributed by atoms with Gasteiger partial charge >= 0.3 is 0 Å². The quantitative estimate of drug-likeness (QED) is 0.815. The molecule has 3 nitrogen and oxygen atoms in total. The van der Waals surface area contributed by atoms with Gasteiger partial charge in [-0.05, 0) is 68.9 Å². The number of thiophene rings is 1. The van der Waals surface area contributed by atoms with Gasteiger partial charge in [0.15, 0.2) is 5.11 Å². The predicted octanol–water partition coefficient (Wildman–Crippen LogP) is 3.00. The molecule has 1 aromatic rings. The third kappa shape index (κ3) is 3.58. The zero-order valence-electron chi connectivity index (χ0n) is 12.8. The lowest BCUT2D eigenvalue weighted by atomic mass is 9.96. The fourth-order valence-corrected chi connectivity index (χ4v) is 5.01. The number of fused-ring (bicyclic) bond motifs is 2. The van der Waals surface area contributed by atoms with Crippen LogP contribution in [0.15, 0.2) is 17.5 Å². The van der Waals surface area contributed by atoms with Crippen molar-refractivity contribution in [3.8, 4) is 0 Å². The van der Waals surface area contributed by atoms with E-state index in [1.807, 2.05) is 11.3 Å². The zero-order chi connectivity index (χ0) is 14.8. The van der Waals surface area contributed by atoms with Crippen LogP contribution in [0, 0.1) is 11.8 Å². The lowest BCUT2D eigenvalue weighted by Gasteiger charge is -2.27. The molecule has 0 aromatic carbocycles. The second kappa shape index (κ2) is 6.63. The highest BCUT2D eigenvalue weighted by Crippen LogP contribution is 2.44. The van der Waals surface area contributed by atoms with E-state index >= 15 is 0 Å². The Balaban J connectivity index is 1.48. The van der Waals surface area contributed by atoms with E-state index in [4.69, 9.17) is 12.2 Å². The third-order valence-electron chi connectivity index (χ3n) is 5.01. The summed E-state index contributed by atoms with van der Waals surface area (Å²) in [5.41, 5.74) is 0. The lowest BCUT2D eigenvalue weighted by Crippen LogP contribution is -2.46. The van der Waals surface area contributed by atoms with Gasteiger partial charge in [0, 0.05) is 17.5 Å². The maximum Gasteiger partial charge on any atom is 0.166 e. The standard InChI is InChI=1S/C16H25N3S2/c1-19(2)14(15-4-3-7-21-15)10-17-16(20)18-13-9-11-5-6-12(13)8-11/h3-4,7,11-14H,5-6,8-10H2,1-2H3,(H2,17,18,20)/t11-,12-,13-,14+/m1/s1. The molecule has 0 spiro atoms. The number of hydrogen-bond donors (Lipinski definition) is 2. The van der Waals surface area contributed by atoms with E-state index in [0.29, 0.717) is 12.1 Å². The molecule has 2 saturated carbocycles. The Morgan fingerprint density at radius 3 is 2.86 bits per heavy atom. The first-order valence-electron chi connectivity index (χ1n) is 7.87. The molecule has 0 unspecified atom stereocenters. The van der Waals surface area contributed by atoms with Crippen LogP contribution in [0.1, 0.15) is 36.6 Å². The number of thiocarbonyl (C=S) groups is 1. The fourth-order valence-electron chi connectivity index (χ4n) is 3.85. The molecule has 5 heteroatoms. The van der Waals surface area contributed by atoms with Crippen molar-refractivity contribution < 1.29 is 0 Å². The molecular formula is C16H25N3S2. The van der Waals surface area contributed by atoms with Crippen LogP contribution in [0.4, 0.5) is 0 Å². The minimum absolute atomic E-state index is 0.379. The van der Waals surface area contributed by atoms with Crippen molar-refractivity contribution in [2.75, 3.05) is 20.6 Å². The summed E-state index contributed by atoms with van der Waals surface area (Å²) in [6.07, 6.45) is 5.55. The monoisotopic (exact) mass is 323 g/mol. The van der Waals surface area contributed by atoms with Crippen LogP contribution in [-0.4, -0.2) is 36.7 Å². The van der Waals surface area contributed by atoms with Gasteiger partial charge in [0.05, 0.1) is 6.04 Å². The van der Waals surface area contributed by atoms with Crippen molar-refractivity contribution in [2.45, 2.75) is 37.8 Å². The highest BCUT2D eigenvalue weighted by atomic mass is 32.1. The summed E-state index contributed by atoms with van der Waals surface area (Å²) >= 11 is 7.31. The van der Waals surface area contributed by atoms with Gasteiger partial charge < -0.3 is 15.5 Å². The number of hydrogen-bond acceptors (Lipinski definition) is 3. The van der Waals surface area contributed by atoms with Crippen LogP contribution in [-0.2, 0) is 0 Å². The van der Waals surface area contributed by atoms with Crippen LogP contribution < -0.4 is 10.6 Å². The minimum atomic E-state index is 0.379. The first-order valence-corrected chi connectivity index (χ1v) is 9.16. The number of rotatable bonds is 5. The first-order chi connectivity index (χ1) is 10.1. The molecule has 0 saturated heterocycles. The van der Waals surface area contributed by atoms with Gasteiger partial charge in [-0.2, -0.15) is 0 Å². The minimum Gasteiger partial charge on any atom is -0.361 e. The normalized spacial score (nSPS) is 28.8. The van der Waals surface area contributed by atoms with Gasteiger partial charge in [0.1, 0.15) is 0 Å². The molecule has 2 N–H and O–H groups in total. The van der Waals surface area contributed by atoms with E-state index in [9.17, 15) is 0 Å². The average molecular weight is 324 g/mol. The van der Waals surface area contributed by atoms with Crippen molar-refractivity contribution in [3.05, 3.63) is 22.4 Å². The fraction of sp³-hybridized carbons (Fsp3) is 0.688. The smallest absolute Gasteiger partial charge is 0.166 e. The van der Waals surface area contributed by atoms with Gasteiger partial charge in [0.25, 0.3) is 0 Å². The van der Waals surface area contributed by atoms with Gasteiger partial charge in [-0.15, -0.1) is 11.3 Å². The second-order valence-corrected chi connectivity index (χ2v) is 8.02. The van der Waals surface area contributed by atoms with Crippen molar-refractivity contribution >= 4 is 28.7 Å². The van der Waals surface area contributed by atoms with Gasteiger partial charge in [-0.1, -0.05) is 12.5 Å². The molecule has 4 atom stereocenters. The average Bonchev–Trinajstić information content (AvgIpc) is 3.15. The topological polar surface area (TPSA) is 27.3 Å². The van der Waals surface area contributed by atoms with E-state index in [0.717, 1.165) is 23.5 Å². The molecule has 21 heavy (non-hydrogen) atoms. The molecule has 2 aliphatic carbocycles. The van der Waals surface area contributed by atoms with Gasteiger partial charge in [-0.25, -0.2) is 0 Å². The van der Waals surface area contributed by atoms with Gasteiger partial charge in [-0.3, -0.25) is 0 Å². The highest BCUT2D eigenvalue weighted by Gasteiger charge is 2.39. The Morgan fingerprint density at radius 1 is 1.43 bits per heavy atom. The van der Waals surface area contributed by atoms with Crippen LogP contribution in [0.3, 0.4) is 0 Å². The summed E-state index contributed by atoms with van der Waals surface area (Å²) in [6.45, 7) is 0.861. The first kappa shape index (κ1) is 15.3. The maximum atomic E-state index is 5.50. The predicted molar refractivity (Wildman–Crippen MR) is 93.7 cm³/mol. The van der Waals surface area contributed by atoms with E-state index in [1.54, 1.807) is 0 Å². The van der Waals surface area contributed by atoms with Crippen molar-refractivity contribution in [3.63, 3.8) is 0 Å². The molecule has 1 aromatic heterocycles. The second-order valence-electron chi connectivity index (χ2n) is 6.63. The summed E-state index contributed by atoms with van der Waals surface area (Å²) in [4.78, 5) is 3.63. The number of likely N-dealkylation sites (N-methyl/N-ethyl adjacent to an activating group) is 1. The number of nitrogens with one attached hydrogen (secondary N) is 2. The third-order valence-corrected chi connectivity index (χ3v) is 6.24. The summed E-state index contributed by atoms with van der Waals surface area (Å²) in [5.74, 6) is 1.81. The van der Waals surface area contributed by atoms with Crippen LogP contribution >= 0.6 is 23.6 Å². The van der Waals surface area contributed by atoms with E-state index in [-0.39, 0.29) is 0 Å². The van der Waals surface area contributed by atoms with Crippen molar-refractivity contribution in [1.82, 2.24) is 15.5 Å². The summed E-state index contributed by atoms with van der Waals surface area (Å²) < 4.78 is 0. The summed E-state index contributed by atoms with van der Waals surface area (Å²) in [5, 5.41) is 9.95. The molecule has 0 amide bonds. The Kier molecular flexibility index (Phi) is 4.82. The van der Waals surface area contributed by atoms with Crippen molar-refractivity contribution in [1.29, 1.82) is 0 Å². The SMILES string of the molecule is CN(C)[C@@H](CNC(=S)N[C@@H]1C[C@@H]2CC[C@@H]1C2)c1cccs1. The summed E-state index contributed by atoms with van der Waals surface area (Å²) in [7, 11) is 4.25. The molecule has 2 fully saturated rings. The van der Waals surface area contributed by atoms with Crippen LogP contribution in [0.25, 0.3) is 0 Å². The highest BCUT2D eigenvalue weighted by molar-refractivity contribution is 7.80. The molecule has 3 rings (SSSR count).